The van der Waals surface area contributed by atoms with Gasteiger partial charge in [0, 0.05) is 10.9 Å². The number of benzene rings is 3. The van der Waals surface area contributed by atoms with Crippen molar-refractivity contribution in [1.29, 1.82) is 5.26 Å². The molecule has 0 bridgehead atoms. The molecular weight excluding hydrogens is 488 g/mol. The summed E-state index contributed by atoms with van der Waals surface area (Å²) >= 11 is 1.46. The lowest BCUT2D eigenvalue weighted by Gasteiger charge is -2.09. The molecule has 0 aliphatic heterocycles. The molecule has 1 amide bonds. The zero-order valence-corrected chi connectivity index (χ0v) is 20.4. The van der Waals surface area contributed by atoms with Crippen LogP contribution in [0.1, 0.15) is 22.4 Å². The second-order valence-electron chi connectivity index (χ2n) is 8.71. The number of hydrogen-bond acceptors (Lipinski definition) is 7. The molecule has 0 radical (unpaired) electrons. The zero-order valence-electron chi connectivity index (χ0n) is 19.6. The summed E-state index contributed by atoms with van der Waals surface area (Å²) in [6.45, 7) is -0.244. The van der Waals surface area contributed by atoms with Crippen LogP contribution in [0.25, 0.3) is 21.7 Å². The molecule has 7 nitrogen and oxygen atoms in total. The second kappa shape index (κ2) is 9.45. The number of aryl methyl sites for hydroxylation is 1. The van der Waals surface area contributed by atoms with E-state index in [0.717, 1.165) is 35.6 Å². The third kappa shape index (κ3) is 4.41. The number of carbonyl (C=O) groups excluding carboxylic acids is 1. The molecule has 182 valence electrons. The van der Waals surface area contributed by atoms with Crippen molar-refractivity contribution in [2.24, 2.45) is 0 Å². The highest BCUT2D eigenvalue weighted by molar-refractivity contribution is 7.16. The molecule has 1 aliphatic rings. The number of nitrogens with one attached hydrogen (secondary N) is 1. The minimum Gasteiger partial charge on any atom is -0.484 e. The molecule has 1 aliphatic carbocycles. The first-order chi connectivity index (χ1) is 18.1. The largest absolute Gasteiger partial charge is 0.484 e. The molecule has 0 saturated carbocycles. The van der Waals surface area contributed by atoms with Gasteiger partial charge < -0.3 is 19.2 Å². The van der Waals surface area contributed by atoms with Crippen LogP contribution in [0.3, 0.4) is 0 Å². The second-order valence-corrected chi connectivity index (χ2v) is 9.81. The van der Waals surface area contributed by atoms with Gasteiger partial charge in [-0.1, -0.05) is 30.3 Å². The van der Waals surface area contributed by atoms with Crippen LogP contribution in [0, 0.1) is 11.3 Å². The number of nitriles is 1. The van der Waals surface area contributed by atoms with E-state index in [0.29, 0.717) is 33.0 Å². The van der Waals surface area contributed by atoms with Crippen molar-refractivity contribution in [3.8, 4) is 23.3 Å². The van der Waals surface area contributed by atoms with Crippen molar-refractivity contribution in [2.45, 2.75) is 19.3 Å². The summed E-state index contributed by atoms with van der Waals surface area (Å²) < 4.78 is 17.1. The van der Waals surface area contributed by atoms with Crippen LogP contribution in [0.4, 0.5) is 5.00 Å². The van der Waals surface area contributed by atoms with Gasteiger partial charge in [-0.2, -0.15) is 5.26 Å². The normalized spacial score (nSPS) is 12.3. The molecule has 0 saturated heterocycles. The highest BCUT2D eigenvalue weighted by atomic mass is 32.1. The maximum Gasteiger partial charge on any atom is 0.262 e. The summed E-state index contributed by atoms with van der Waals surface area (Å²) in [5.41, 5.74) is 1.61. The van der Waals surface area contributed by atoms with E-state index in [-0.39, 0.29) is 23.7 Å². The molecule has 2 heterocycles. The van der Waals surface area contributed by atoms with Gasteiger partial charge in [-0.3, -0.25) is 9.59 Å². The molecule has 37 heavy (non-hydrogen) atoms. The Morgan fingerprint density at radius 3 is 2.76 bits per heavy atom. The molecule has 0 fully saturated rings. The summed E-state index contributed by atoms with van der Waals surface area (Å²) in [6.07, 6.45) is 4.13. The smallest absolute Gasteiger partial charge is 0.262 e. The van der Waals surface area contributed by atoms with Crippen molar-refractivity contribution in [1.82, 2.24) is 0 Å². The van der Waals surface area contributed by atoms with Gasteiger partial charge in [0.25, 0.3) is 5.91 Å². The fraction of sp³-hybridized carbons (Fsp3) is 0.138. The first kappa shape index (κ1) is 22.8. The van der Waals surface area contributed by atoms with Gasteiger partial charge in [0.1, 0.15) is 34.4 Å². The van der Waals surface area contributed by atoms with Crippen LogP contribution in [0.5, 0.6) is 17.2 Å². The predicted molar refractivity (Wildman–Crippen MR) is 142 cm³/mol. The Morgan fingerprint density at radius 2 is 1.89 bits per heavy atom. The number of rotatable bonds is 6. The number of amides is 1. The van der Waals surface area contributed by atoms with Crippen LogP contribution in [0.15, 0.2) is 76.1 Å². The molecule has 3 aromatic carbocycles. The fourth-order valence-electron chi connectivity index (χ4n) is 4.53. The number of thiophene rings is 1. The third-order valence-electron chi connectivity index (χ3n) is 6.32. The van der Waals surface area contributed by atoms with Crippen LogP contribution in [0.2, 0.25) is 0 Å². The topological polar surface area (TPSA) is 102 Å². The zero-order chi connectivity index (χ0) is 25.4. The minimum atomic E-state index is -0.364. The van der Waals surface area contributed by atoms with Gasteiger partial charge in [0.05, 0.1) is 10.9 Å². The van der Waals surface area contributed by atoms with E-state index >= 15 is 0 Å². The first-order valence-corrected chi connectivity index (χ1v) is 12.6. The Balaban J connectivity index is 1.15. The van der Waals surface area contributed by atoms with Crippen molar-refractivity contribution < 1.29 is 18.7 Å². The summed E-state index contributed by atoms with van der Waals surface area (Å²) in [6, 6.07) is 20.4. The van der Waals surface area contributed by atoms with E-state index < -0.39 is 0 Å². The lowest BCUT2D eigenvalue weighted by Crippen LogP contribution is -2.20. The highest BCUT2D eigenvalue weighted by Gasteiger charge is 2.23. The van der Waals surface area contributed by atoms with Gasteiger partial charge in [-0.05, 0) is 59.9 Å². The Bertz CT molecular complexity index is 1780. The van der Waals surface area contributed by atoms with Crippen LogP contribution in [-0.4, -0.2) is 12.5 Å². The van der Waals surface area contributed by atoms with Gasteiger partial charge in [-0.25, -0.2) is 0 Å². The lowest BCUT2D eigenvalue weighted by atomic mass is 10.1. The first-order valence-electron chi connectivity index (χ1n) is 11.8. The summed E-state index contributed by atoms with van der Waals surface area (Å²) in [4.78, 5) is 26.6. The molecular formula is C29H20N2O5S. The summed E-state index contributed by atoms with van der Waals surface area (Å²) in [7, 11) is 0. The maximum absolute atomic E-state index is 13.0. The molecule has 5 aromatic rings. The van der Waals surface area contributed by atoms with E-state index in [9.17, 15) is 14.9 Å². The van der Waals surface area contributed by atoms with Gasteiger partial charge >= 0.3 is 0 Å². The van der Waals surface area contributed by atoms with Crippen molar-refractivity contribution in [3.05, 3.63) is 93.2 Å². The van der Waals surface area contributed by atoms with Crippen LogP contribution >= 0.6 is 11.3 Å². The number of fused-ring (bicyclic) bond motifs is 3. The highest BCUT2D eigenvalue weighted by Crippen LogP contribution is 2.38. The van der Waals surface area contributed by atoms with Gasteiger partial charge in [0.15, 0.2) is 6.61 Å². The summed E-state index contributed by atoms with van der Waals surface area (Å²) in [5.74, 6) is 0.624. The average Bonchev–Trinajstić information content (AvgIpc) is 3.50. The standard InChI is InChI=1S/C29H20N2O5S/c30-14-23-21-6-3-7-26(21)37-29(23)31-27(32)16-34-19-10-11-22-24(13-19)35-15-25(28(22)33)36-20-9-8-17-4-1-2-5-18(17)12-20/h1-2,4-5,8-13,15H,3,6-7,16H2,(H,31,32). The molecule has 0 unspecified atom stereocenters. The molecule has 8 heteroatoms. The van der Waals surface area contributed by atoms with Crippen LogP contribution < -0.4 is 20.2 Å². The number of ether oxygens (including phenoxy) is 2. The monoisotopic (exact) mass is 508 g/mol. The molecule has 2 aromatic heterocycles. The Kier molecular flexibility index (Phi) is 5.83. The average molecular weight is 509 g/mol. The minimum absolute atomic E-state index is 0.0759. The fourth-order valence-corrected chi connectivity index (χ4v) is 5.79. The van der Waals surface area contributed by atoms with E-state index in [1.807, 2.05) is 36.4 Å². The number of anilines is 1. The van der Waals surface area contributed by atoms with Crippen molar-refractivity contribution in [2.75, 3.05) is 11.9 Å². The lowest BCUT2D eigenvalue weighted by molar-refractivity contribution is -0.118. The Labute approximate surface area is 215 Å². The van der Waals surface area contributed by atoms with E-state index in [1.165, 1.54) is 22.5 Å². The quantitative estimate of drug-likeness (QED) is 0.294. The molecule has 0 atom stereocenters. The molecule has 1 N–H and O–H groups in total. The third-order valence-corrected chi connectivity index (χ3v) is 7.53. The SMILES string of the molecule is N#Cc1c(NC(=O)COc2ccc3c(=O)c(Oc4ccc5ccccc5c4)coc3c2)sc2c1CCC2. The van der Waals surface area contributed by atoms with Crippen molar-refractivity contribution in [3.63, 3.8) is 0 Å². The summed E-state index contributed by atoms with van der Waals surface area (Å²) in [5, 5.41) is 15.3. The number of carbonyl (C=O) groups is 1. The van der Waals surface area contributed by atoms with Crippen LogP contribution in [-0.2, 0) is 17.6 Å². The number of hydrogen-bond donors (Lipinski definition) is 1. The van der Waals surface area contributed by atoms with Gasteiger partial charge in [-0.15, -0.1) is 11.3 Å². The Morgan fingerprint density at radius 1 is 1.05 bits per heavy atom. The number of nitrogens with zero attached hydrogens (tertiary/aromatic N) is 1. The molecule has 6 rings (SSSR count). The van der Waals surface area contributed by atoms with E-state index in [1.54, 1.807) is 24.3 Å². The van der Waals surface area contributed by atoms with Crippen molar-refractivity contribution >= 4 is 44.0 Å². The van der Waals surface area contributed by atoms with Gasteiger partial charge in [0.2, 0.25) is 11.2 Å². The predicted octanol–water partition coefficient (Wildman–Crippen LogP) is 6.18. The molecule has 0 spiro atoms. The maximum atomic E-state index is 13.0. The van der Waals surface area contributed by atoms with E-state index in [2.05, 4.69) is 11.4 Å². The van der Waals surface area contributed by atoms with E-state index in [4.69, 9.17) is 13.9 Å². The Hall–Kier alpha value is -4.61.